The van der Waals surface area contributed by atoms with Gasteiger partial charge in [0, 0.05) is 37.5 Å². The van der Waals surface area contributed by atoms with Gasteiger partial charge in [-0.15, -0.1) is 12.4 Å². The van der Waals surface area contributed by atoms with Crippen molar-refractivity contribution in [2.75, 3.05) is 31.6 Å². The number of likely N-dealkylation sites (tertiary alicyclic amines) is 1. The summed E-state index contributed by atoms with van der Waals surface area (Å²) in [5, 5.41) is 5.35. The molecule has 6 heteroatoms. The van der Waals surface area contributed by atoms with Crippen LogP contribution in [0, 0.1) is 5.92 Å². The molecule has 5 nitrogen and oxygen atoms in total. The monoisotopic (exact) mass is 387 g/mol. The standard InChI is InChI=1S/C21H25N3O2.ClH/c1-22-13-17-8-5-11-23(17)21(26)16-12-20(25)24(14-16)19-10-4-7-15-6-2-3-9-18(15)19;/h2-4,6-7,9-10,16-17,22H,5,8,11-14H2,1H3;1H. The Hall–Kier alpha value is -2.11. The fourth-order valence-electron chi connectivity index (χ4n) is 4.36. The minimum atomic E-state index is -0.237. The second-order valence-electron chi connectivity index (χ2n) is 7.29. The van der Waals surface area contributed by atoms with E-state index in [9.17, 15) is 9.59 Å². The average molecular weight is 388 g/mol. The Labute approximate surface area is 166 Å². The Morgan fingerprint density at radius 2 is 1.96 bits per heavy atom. The van der Waals surface area contributed by atoms with Crippen LogP contribution in [0.4, 0.5) is 5.69 Å². The summed E-state index contributed by atoms with van der Waals surface area (Å²) in [7, 11) is 1.92. The predicted octanol–water partition coefficient (Wildman–Crippen LogP) is 2.82. The van der Waals surface area contributed by atoms with Crippen LogP contribution in [0.2, 0.25) is 0 Å². The van der Waals surface area contributed by atoms with Gasteiger partial charge in [-0.3, -0.25) is 9.59 Å². The molecule has 2 fully saturated rings. The molecule has 0 aromatic heterocycles. The van der Waals surface area contributed by atoms with Gasteiger partial charge in [-0.25, -0.2) is 0 Å². The highest BCUT2D eigenvalue weighted by Gasteiger charge is 2.40. The lowest BCUT2D eigenvalue weighted by Gasteiger charge is -2.27. The Morgan fingerprint density at radius 3 is 2.78 bits per heavy atom. The Morgan fingerprint density at radius 1 is 1.19 bits per heavy atom. The van der Waals surface area contributed by atoms with Gasteiger partial charge in [0.1, 0.15) is 0 Å². The summed E-state index contributed by atoms with van der Waals surface area (Å²) < 4.78 is 0. The van der Waals surface area contributed by atoms with E-state index in [-0.39, 0.29) is 36.2 Å². The highest BCUT2D eigenvalue weighted by Crippen LogP contribution is 2.33. The van der Waals surface area contributed by atoms with Crippen LogP contribution in [-0.4, -0.2) is 49.4 Å². The number of benzene rings is 2. The van der Waals surface area contributed by atoms with Gasteiger partial charge < -0.3 is 15.1 Å². The molecular formula is C21H26ClN3O2. The molecule has 0 saturated carbocycles. The Bertz CT molecular complexity index is 836. The average Bonchev–Trinajstić information content (AvgIpc) is 3.28. The van der Waals surface area contributed by atoms with Crippen LogP contribution in [0.1, 0.15) is 19.3 Å². The number of hydrogen-bond donors (Lipinski definition) is 1. The quantitative estimate of drug-likeness (QED) is 0.877. The van der Waals surface area contributed by atoms with Gasteiger partial charge in [-0.05, 0) is 31.3 Å². The van der Waals surface area contributed by atoms with Crippen molar-refractivity contribution in [1.82, 2.24) is 10.2 Å². The maximum absolute atomic E-state index is 13.0. The maximum Gasteiger partial charge on any atom is 0.228 e. The van der Waals surface area contributed by atoms with E-state index in [4.69, 9.17) is 0 Å². The molecule has 2 aromatic rings. The third-order valence-corrected chi connectivity index (χ3v) is 5.63. The second-order valence-corrected chi connectivity index (χ2v) is 7.29. The minimum absolute atomic E-state index is 0. The molecule has 4 rings (SSSR count). The summed E-state index contributed by atoms with van der Waals surface area (Å²) in [6.07, 6.45) is 2.40. The van der Waals surface area contributed by atoms with Gasteiger partial charge in [-0.2, -0.15) is 0 Å². The highest BCUT2D eigenvalue weighted by atomic mass is 35.5. The Kier molecular flexibility index (Phi) is 6.02. The second kappa shape index (κ2) is 8.28. The number of nitrogens with one attached hydrogen (secondary N) is 1. The molecule has 0 radical (unpaired) electrons. The van der Waals surface area contributed by atoms with Gasteiger partial charge in [0.25, 0.3) is 0 Å². The lowest BCUT2D eigenvalue weighted by atomic mass is 10.1. The summed E-state index contributed by atoms with van der Waals surface area (Å²) in [4.78, 5) is 29.5. The normalized spacial score (nSPS) is 22.3. The summed E-state index contributed by atoms with van der Waals surface area (Å²) in [5.41, 5.74) is 0.914. The van der Waals surface area contributed by atoms with Gasteiger partial charge in [-0.1, -0.05) is 36.4 Å². The van der Waals surface area contributed by atoms with Crippen molar-refractivity contribution in [3.05, 3.63) is 42.5 Å². The van der Waals surface area contributed by atoms with Crippen LogP contribution >= 0.6 is 12.4 Å². The molecule has 2 atom stereocenters. The number of hydrogen-bond acceptors (Lipinski definition) is 3. The van der Waals surface area contributed by atoms with Crippen molar-refractivity contribution in [3.63, 3.8) is 0 Å². The van der Waals surface area contributed by atoms with Crippen molar-refractivity contribution < 1.29 is 9.59 Å². The third-order valence-electron chi connectivity index (χ3n) is 5.63. The maximum atomic E-state index is 13.0. The summed E-state index contributed by atoms with van der Waals surface area (Å²) in [6.45, 7) is 2.11. The summed E-state index contributed by atoms with van der Waals surface area (Å²) >= 11 is 0. The van der Waals surface area contributed by atoms with E-state index in [2.05, 4.69) is 17.4 Å². The molecule has 0 spiro atoms. The van der Waals surface area contributed by atoms with E-state index in [1.165, 1.54) is 0 Å². The lowest BCUT2D eigenvalue weighted by molar-refractivity contribution is -0.136. The number of likely N-dealkylation sites (N-methyl/N-ethyl adjacent to an activating group) is 1. The van der Waals surface area contributed by atoms with Crippen molar-refractivity contribution >= 4 is 40.7 Å². The number of rotatable bonds is 4. The topological polar surface area (TPSA) is 52.7 Å². The first-order valence-electron chi connectivity index (χ1n) is 9.42. The summed E-state index contributed by atoms with van der Waals surface area (Å²) in [5.74, 6) is -0.0539. The zero-order valence-electron chi connectivity index (χ0n) is 15.6. The number of amides is 2. The van der Waals surface area contributed by atoms with Crippen molar-refractivity contribution in [1.29, 1.82) is 0 Å². The van der Waals surface area contributed by atoms with Gasteiger partial charge in [0.05, 0.1) is 11.6 Å². The van der Waals surface area contributed by atoms with Gasteiger partial charge >= 0.3 is 0 Å². The van der Waals surface area contributed by atoms with Gasteiger partial charge in [0.2, 0.25) is 11.8 Å². The van der Waals surface area contributed by atoms with Crippen molar-refractivity contribution in [3.8, 4) is 0 Å². The van der Waals surface area contributed by atoms with Crippen LogP contribution in [0.15, 0.2) is 42.5 Å². The first-order chi connectivity index (χ1) is 12.7. The van der Waals surface area contributed by atoms with E-state index >= 15 is 0 Å². The fourth-order valence-corrected chi connectivity index (χ4v) is 4.36. The predicted molar refractivity (Wildman–Crippen MR) is 110 cm³/mol. The third kappa shape index (κ3) is 3.66. The van der Waals surface area contributed by atoms with E-state index in [1.807, 2.05) is 42.3 Å². The molecule has 2 unspecified atom stereocenters. The number of halogens is 1. The molecular weight excluding hydrogens is 362 g/mol. The molecule has 0 aliphatic carbocycles. The Balaban J connectivity index is 0.00000210. The van der Waals surface area contributed by atoms with E-state index in [0.717, 1.165) is 42.4 Å². The first kappa shape index (κ1) is 19.6. The highest BCUT2D eigenvalue weighted by molar-refractivity contribution is 6.07. The fraction of sp³-hybridized carbons (Fsp3) is 0.429. The van der Waals surface area contributed by atoms with Crippen molar-refractivity contribution in [2.45, 2.75) is 25.3 Å². The number of nitrogens with zero attached hydrogens (tertiary/aromatic N) is 2. The van der Waals surface area contributed by atoms with E-state index < -0.39 is 0 Å². The molecule has 1 N–H and O–H groups in total. The number of carbonyl (C=O) groups excluding carboxylic acids is 2. The number of carbonyl (C=O) groups is 2. The molecule has 2 aliphatic heterocycles. The van der Waals surface area contributed by atoms with E-state index in [0.29, 0.717) is 13.0 Å². The van der Waals surface area contributed by atoms with Crippen LogP contribution in [0.25, 0.3) is 10.8 Å². The minimum Gasteiger partial charge on any atom is -0.338 e. The molecule has 0 bridgehead atoms. The number of fused-ring (bicyclic) bond motifs is 1. The first-order valence-corrected chi connectivity index (χ1v) is 9.42. The number of anilines is 1. The van der Waals surface area contributed by atoms with Crippen LogP contribution in [-0.2, 0) is 9.59 Å². The smallest absolute Gasteiger partial charge is 0.228 e. The largest absolute Gasteiger partial charge is 0.338 e. The zero-order valence-corrected chi connectivity index (χ0v) is 16.4. The van der Waals surface area contributed by atoms with Crippen molar-refractivity contribution in [2.24, 2.45) is 5.92 Å². The van der Waals surface area contributed by atoms with E-state index in [1.54, 1.807) is 4.90 Å². The molecule has 2 heterocycles. The molecule has 2 aromatic carbocycles. The molecule has 144 valence electrons. The van der Waals surface area contributed by atoms with Gasteiger partial charge in [0.15, 0.2) is 0 Å². The van der Waals surface area contributed by atoms with Crippen LogP contribution in [0.5, 0.6) is 0 Å². The SMILES string of the molecule is CNCC1CCCN1C(=O)C1CC(=O)N(c2cccc3ccccc23)C1.Cl. The molecule has 2 aliphatic rings. The van der Waals surface area contributed by atoms with Crippen LogP contribution < -0.4 is 10.2 Å². The summed E-state index contributed by atoms with van der Waals surface area (Å²) in [6, 6.07) is 14.3. The molecule has 27 heavy (non-hydrogen) atoms. The van der Waals surface area contributed by atoms with Crippen LogP contribution in [0.3, 0.4) is 0 Å². The molecule has 2 saturated heterocycles. The molecule has 2 amide bonds. The zero-order chi connectivity index (χ0) is 18.1. The lowest BCUT2D eigenvalue weighted by Crippen LogP contribution is -2.44.